The largest absolute Gasteiger partial charge is 0.444 e. The highest BCUT2D eigenvalue weighted by Crippen LogP contribution is 2.40. The fourth-order valence-corrected chi connectivity index (χ4v) is 6.49. The molecule has 3 aromatic heterocycles. The van der Waals surface area contributed by atoms with Gasteiger partial charge < -0.3 is 10.1 Å². The Hall–Kier alpha value is -4.28. The van der Waals surface area contributed by atoms with Gasteiger partial charge in [0.1, 0.15) is 17.7 Å². The van der Waals surface area contributed by atoms with Gasteiger partial charge in [-0.15, -0.1) is 0 Å². The summed E-state index contributed by atoms with van der Waals surface area (Å²) in [7, 11) is 0. The van der Waals surface area contributed by atoms with Gasteiger partial charge in [0.25, 0.3) is 0 Å². The number of pyridine rings is 1. The van der Waals surface area contributed by atoms with E-state index >= 15 is 0 Å². The first-order valence-corrected chi connectivity index (χ1v) is 14.5. The van der Waals surface area contributed by atoms with Crippen LogP contribution in [0.15, 0.2) is 58.7 Å². The van der Waals surface area contributed by atoms with E-state index < -0.39 is 5.60 Å². The Morgan fingerprint density at radius 1 is 1.10 bits per heavy atom. The Morgan fingerprint density at radius 2 is 1.80 bits per heavy atom. The molecule has 1 aliphatic rings. The van der Waals surface area contributed by atoms with E-state index in [2.05, 4.69) is 41.1 Å². The van der Waals surface area contributed by atoms with Gasteiger partial charge >= 0.3 is 6.09 Å². The number of benzene rings is 1. The van der Waals surface area contributed by atoms with E-state index in [9.17, 15) is 15.3 Å². The molecular weight excluding hydrogens is 534 g/mol. The van der Waals surface area contributed by atoms with Crippen molar-refractivity contribution >= 4 is 23.4 Å². The summed E-state index contributed by atoms with van der Waals surface area (Å²) in [6.45, 7) is 9.74. The third-order valence-electron chi connectivity index (χ3n) is 7.49. The van der Waals surface area contributed by atoms with E-state index in [-0.39, 0.29) is 17.7 Å². The molecule has 0 unspecified atom stereocenters. The van der Waals surface area contributed by atoms with Crippen molar-refractivity contribution in [3.63, 3.8) is 0 Å². The molecule has 210 valence electrons. The minimum absolute atomic E-state index is 0.215. The maximum Gasteiger partial charge on any atom is 0.408 e. The van der Waals surface area contributed by atoms with Crippen molar-refractivity contribution in [3.05, 3.63) is 65.7 Å². The van der Waals surface area contributed by atoms with Crippen molar-refractivity contribution in [3.8, 4) is 23.3 Å². The number of nitriles is 2. The second kappa shape index (κ2) is 10.9. The molecule has 10 heteroatoms. The van der Waals surface area contributed by atoms with Gasteiger partial charge in [0.2, 0.25) is 0 Å². The molecule has 5 rings (SSSR count). The van der Waals surface area contributed by atoms with Gasteiger partial charge in [-0.3, -0.25) is 4.68 Å². The number of hydrogen-bond acceptors (Lipinski definition) is 7. The first-order valence-electron chi connectivity index (χ1n) is 13.6. The third kappa shape index (κ3) is 5.94. The van der Waals surface area contributed by atoms with Crippen LogP contribution in [0.1, 0.15) is 76.2 Å². The zero-order valence-corrected chi connectivity index (χ0v) is 24.7. The molecule has 4 aromatic rings. The van der Waals surface area contributed by atoms with Crippen molar-refractivity contribution in [2.24, 2.45) is 0 Å². The number of aromatic nitrogens is 4. The van der Waals surface area contributed by atoms with Crippen LogP contribution >= 0.6 is 11.8 Å². The lowest BCUT2D eigenvalue weighted by molar-refractivity contribution is 0.0425. The van der Waals surface area contributed by atoms with Crippen LogP contribution in [0.25, 0.3) is 16.6 Å². The average molecular weight is 568 g/mol. The van der Waals surface area contributed by atoms with Gasteiger partial charge in [-0.2, -0.15) is 20.7 Å². The van der Waals surface area contributed by atoms with Gasteiger partial charge in [0, 0.05) is 38.3 Å². The minimum Gasteiger partial charge on any atom is -0.444 e. The third-order valence-corrected chi connectivity index (χ3v) is 8.59. The number of hydrogen-bond donors (Lipinski definition) is 1. The molecule has 0 radical (unpaired) electrons. The van der Waals surface area contributed by atoms with Crippen molar-refractivity contribution in [1.29, 1.82) is 10.5 Å². The molecule has 3 heterocycles. The number of carbonyl (C=O) groups excluding carboxylic acids is 1. The van der Waals surface area contributed by atoms with Crippen LogP contribution in [0.2, 0.25) is 0 Å². The van der Waals surface area contributed by atoms with Gasteiger partial charge in [0.15, 0.2) is 0 Å². The van der Waals surface area contributed by atoms with Crippen molar-refractivity contribution in [2.75, 3.05) is 0 Å². The normalized spacial score (nSPS) is 19.0. The molecule has 1 aromatic carbocycles. The number of amides is 1. The number of nitrogens with one attached hydrogen (secondary N) is 1. The maximum absolute atomic E-state index is 12.4. The van der Waals surface area contributed by atoms with Crippen molar-refractivity contribution < 1.29 is 9.53 Å². The highest BCUT2D eigenvalue weighted by molar-refractivity contribution is 7.99. The maximum atomic E-state index is 12.4. The van der Waals surface area contributed by atoms with Crippen LogP contribution in [0.3, 0.4) is 0 Å². The number of carbonyl (C=O) groups is 1. The lowest BCUT2D eigenvalue weighted by Crippen LogP contribution is -2.50. The van der Waals surface area contributed by atoms with Crippen molar-refractivity contribution in [1.82, 2.24) is 24.7 Å². The summed E-state index contributed by atoms with van der Waals surface area (Å²) in [6.07, 6.45) is 8.40. The van der Waals surface area contributed by atoms with E-state index in [1.165, 1.54) is 11.8 Å². The average Bonchev–Trinajstić information content (AvgIpc) is 3.51. The Morgan fingerprint density at radius 3 is 2.49 bits per heavy atom. The van der Waals surface area contributed by atoms with E-state index in [4.69, 9.17) is 9.84 Å². The summed E-state index contributed by atoms with van der Waals surface area (Å²) < 4.78 is 9.30. The smallest absolute Gasteiger partial charge is 0.408 e. The zero-order valence-electron chi connectivity index (χ0n) is 23.9. The molecular formula is C31H33N7O2S. The van der Waals surface area contributed by atoms with Crippen LogP contribution in [0, 0.1) is 29.6 Å². The lowest BCUT2D eigenvalue weighted by atomic mass is 9.81. The predicted molar refractivity (Wildman–Crippen MR) is 156 cm³/mol. The predicted octanol–water partition coefficient (Wildman–Crippen LogP) is 6.80. The fraction of sp³-hybridized carbons (Fsp3) is 0.387. The minimum atomic E-state index is -0.535. The SMILES string of the molecule is Cc1c(-c2cc(Sc3ccccc3C#N)c3c(C#N)cnn3c2)cnn1C1CCC(C)(NC(=O)OC(C)(C)C)CC1. The molecule has 0 saturated heterocycles. The summed E-state index contributed by atoms with van der Waals surface area (Å²) in [5.74, 6) is 0. The first kappa shape index (κ1) is 28.3. The lowest BCUT2D eigenvalue weighted by Gasteiger charge is -2.38. The molecule has 9 nitrogen and oxygen atoms in total. The molecule has 0 bridgehead atoms. The molecule has 1 N–H and O–H groups in total. The van der Waals surface area contributed by atoms with E-state index in [0.29, 0.717) is 16.6 Å². The fourth-order valence-electron chi connectivity index (χ4n) is 5.39. The van der Waals surface area contributed by atoms with Crippen LogP contribution in [0.4, 0.5) is 4.79 Å². The Kier molecular flexibility index (Phi) is 7.54. The first-order chi connectivity index (χ1) is 19.5. The highest BCUT2D eigenvalue weighted by atomic mass is 32.2. The molecule has 0 spiro atoms. The number of ether oxygens (including phenoxy) is 1. The second-order valence-electron chi connectivity index (χ2n) is 11.8. The topological polar surface area (TPSA) is 121 Å². The van der Waals surface area contributed by atoms with Gasteiger partial charge in [-0.1, -0.05) is 23.9 Å². The monoisotopic (exact) mass is 567 g/mol. The molecule has 0 atom stereocenters. The van der Waals surface area contributed by atoms with E-state index in [1.807, 2.05) is 57.4 Å². The second-order valence-corrected chi connectivity index (χ2v) is 12.9. The van der Waals surface area contributed by atoms with Gasteiger partial charge in [-0.05, 0) is 78.5 Å². The van der Waals surface area contributed by atoms with Gasteiger partial charge in [0.05, 0.1) is 35.1 Å². The Labute approximate surface area is 244 Å². The summed E-state index contributed by atoms with van der Waals surface area (Å²) in [5, 5.41) is 31.7. The summed E-state index contributed by atoms with van der Waals surface area (Å²) >= 11 is 1.45. The molecule has 1 saturated carbocycles. The molecule has 41 heavy (non-hydrogen) atoms. The molecule has 0 aliphatic heterocycles. The summed E-state index contributed by atoms with van der Waals surface area (Å²) in [5.41, 5.74) is 3.86. The molecule has 1 amide bonds. The zero-order chi connectivity index (χ0) is 29.4. The molecule has 1 aliphatic carbocycles. The number of alkyl carbamates (subject to hydrolysis) is 1. The number of nitrogens with zero attached hydrogens (tertiary/aromatic N) is 6. The Bertz CT molecular complexity index is 1690. The van der Waals surface area contributed by atoms with Crippen LogP contribution in [-0.2, 0) is 4.74 Å². The number of fused-ring (bicyclic) bond motifs is 1. The van der Waals surface area contributed by atoms with E-state index in [0.717, 1.165) is 52.3 Å². The van der Waals surface area contributed by atoms with Crippen LogP contribution < -0.4 is 5.32 Å². The van der Waals surface area contributed by atoms with E-state index in [1.54, 1.807) is 16.8 Å². The molecule has 1 fully saturated rings. The summed E-state index contributed by atoms with van der Waals surface area (Å²) in [6, 6.07) is 14.2. The Balaban J connectivity index is 1.41. The van der Waals surface area contributed by atoms with Gasteiger partial charge in [-0.25, -0.2) is 9.31 Å². The number of rotatable bonds is 5. The van der Waals surface area contributed by atoms with Crippen LogP contribution in [0.5, 0.6) is 0 Å². The highest BCUT2D eigenvalue weighted by Gasteiger charge is 2.35. The van der Waals surface area contributed by atoms with Crippen molar-refractivity contribution in [2.45, 2.75) is 87.3 Å². The standard InChI is InChI=1S/C31H33N7O2S/c1-20-25(18-35-38(20)24-10-12-31(5,13-11-24)36-29(39)40-30(2,3)4)22-14-27(28-23(16-33)17-34-37(28)19-22)41-26-9-7-6-8-21(26)15-32/h6-9,14,17-19,24H,10-13H2,1-5H3,(H,36,39). The van der Waals surface area contributed by atoms with Crippen LogP contribution in [-0.4, -0.2) is 36.6 Å². The quantitative estimate of drug-likeness (QED) is 0.281. The summed E-state index contributed by atoms with van der Waals surface area (Å²) in [4.78, 5) is 14.1.